The van der Waals surface area contributed by atoms with Crippen LogP contribution in [0.1, 0.15) is 59.0 Å². The van der Waals surface area contributed by atoms with Gasteiger partial charge in [-0.3, -0.25) is 4.79 Å². The Morgan fingerprint density at radius 3 is 2.65 bits per heavy atom. The summed E-state index contributed by atoms with van der Waals surface area (Å²) in [5, 5.41) is 12.7. The molecule has 0 unspecified atom stereocenters. The second kappa shape index (κ2) is 10.8. The van der Waals surface area contributed by atoms with E-state index in [2.05, 4.69) is 12.2 Å². The van der Waals surface area contributed by atoms with Crippen LogP contribution in [0.4, 0.5) is 5.00 Å². The number of anilines is 1. The van der Waals surface area contributed by atoms with E-state index in [9.17, 15) is 14.9 Å². The second-order valence-corrected chi connectivity index (χ2v) is 8.41. The van der Waals surface area contributed by atoms with Gasteiger partial charge >= 0.3 is 5.97 Å². The zero-order valence-corrected chi connectivity index (χ0v) is 18.6. The molecule has 0 saturated heterocycles. The number of carbonyl (C=O) groups excluding carboxylic acids is 2. The largest absolute Gasteiger partial charge is 0.494 e. The molecule has 1 heterocycles. The maximum Gasteiger partial charge on any atom is 0.341 e. The fourth-order valence-corrected chi connectivity index (χ4v) is 4.72. The third-order valence-electron chi connectivity index (χ3n) is 5.11. The number of nitrogens with one attached hydrogen (secondary N) is 1. The SMILES string of the molecule is CCCCOc1ccc(/C=C(\C#N)C(=O)Nc2sc3c(c2C(=O)OC)CCCC3)cc1. The van der Waals surface area contributed by atoms with Crippen LogP contribution in [0.15, 0.2) is 29.8 Å². The smallest absolute Gasteiger partial charge is 0.341 e. The molecule has 1 aliphatic rings. The summed E-state index contributed by atoms with van der Waals surface area (Å²) in [5.74, 6) is -0.259. The van der Waals surface area contributed by atoms with E-state index in [1.54, 1.807) is 12.1 Å². The molecule has 31 heavy (non-hydrogen) atoms. The van der Waals surface area contributed by atoms with Crippen LogP contribution in [0, 0.1) is 11.3 Å². The third-order valence-corrected chi connectivity index (χ3v) is 6.32. The van der Waals surface area contributed by atoms with E-state index in [1.807, 2.05) is 18.2 Å². The Balaban J connectivity index is 1.78. The molecule has 0 fully saturated rings. The average molecular weight is 439 g/mol. The lowest BCUT2D eigenvalue weighted by atomic mass is 9.95. The minimum Gasteiger partial charge on any atom is -0.494 e. The highest BCUT2D eigenvalue weighted by Crippen LogP contribution is 2.38. The first-order valence-corrected chi connectivity index (χ1v) is 11.3. The number of carbonyl (C=O) groups is 2. The molecule has 1 N–H and O–H groups in total. The highest BCUT2D eigenvalue weighted by atomic mass is 32.1. The summed E-state index contributed by atoms with van der Waals surface area (Å²) in [7, 11) is 1.33. The van der Waals surface area contributed by atoms with Crippen LogP contribution in [-0.2, 0) is 22.4 Å². The minimum atomic E-state index is -0.547. The number of nitrogens with zero attached hydrogens (tertiary/aromatic N) is 1. The van der Waals surface area contributed by atoms with Gasteiger partial charge in [0, 0.05) is 4.88 Å². The summed E-state index contributed by atoms with van der Waals surface area (Å²) in [4.78, 5) is 26.2. The number of esters is 1. The number of hydrogen-bond acceptors (Lipinski definition) is 6. The van der Waals surface area contributed by atoms with Crippen molar-refractivity contribution in [3.8, 4) is 11.8 Å². The Morgan fingerprint density at radius 1 is 1.23 bits per heavy atom. The lowest BCUT2D eigenvalue weighted by molar-refractivity contribution is -0.112. The molecule has 2 aromatic rings. The molecule has 0 aliphatic heterocycles. The molecular formula is C24H26N2O4S. The Morgan fingerprint density at radius 2 is 1.97 bits per heavy atom. The van der Waals surface area contributed by atoms with Crippen molar-refractivity contribution < 1.29 is 19.1 Å². The highest BCUT2D eigenvalue weighted by Gasteiger charge is 2.27. The number of benzene rings is 1. The topological polar surface area (TPSA) is 88.4 Å². The molecule has 1 amide bonds. The van der Waals surface area contributed by atoms with Crippen molar-refractivity contribution >= 4 is 34.3 Å². The summed E-state index contributed by atoms with van der Waals surface area (Å²) in [5.41, 5.74) is 2.05. The first-order chi connectivity index (χ1) is 15.1. The van der Waals surface area contributed by atoms with Crippen molar-refractivity contribution in [2.45, 2.75) is 45.4 Å². The van der Waals surface area contributed by atoms with E-state index in [-0.39, 0.29) is 5.57 Å². The van der Waals surface area contributed by atoms with Gasteiger partial charge in [-0.05, 0) is 61.4 Å². The number of nitriles is 1. The first kappa shape index (κ1) is 22.6. The zero-order chi connectivity index (χ0) is 22.2. The fraction of sp³-hybridized carbons (Fsp3) is 0.375. The number of ether oxygens (including phenoxy) is 2. The van der Waals surface area contributed by atoms with Crippen LogP contribution in [0.25, 0.3) is 6.08 Å². The summed E-state index contributed by atoms with van der Waals surface area (Å²) in [6.07, 6.45) is 7.31. The van der Waals surface area contributed by atoms with Crippen LogP contribution < -0.4 is 10.1 Å². The quantitative estimate of drug-likeness (QED) is 0.267. The number of fused-ring (bicyclic) bond motifs is 1. The van der Waals surface area contributed by atoms with Gasteiger partial charge in [-0.2, -0.15) is 5.26 Å². The van der Waals surface area contributed by atoms with Gasteiger partial charge < -0.3 is 14.8 Å². The lowest BCUT2D eigenvalue weighted by Crippen LogP contribution is -2.16. The van der Waals surface area contributed by atoms with Gasteiger partial charge in [0.15, 0.2) is 0 Å². The van der Waals surface area contributed by atoms with Gasteiger partial charge in [0.1, 0.15) is 22.4 Å². The van der Waals surface area contributed by atoms with Crippen molar-refractivity contribution in [2.24, 2.45) is 0 Å². The monoisotopic (exact) mass is 438 g/mol. The molecule has 7 heteroatoms. The van der Waals surface area contributed by atoms with E-state index in [4.69, 9.17) is 9.47 Å². The number of methoxy groups -OCH3 is 1. The summed E-state index contributed by atoms with van der Waals surface area (Å²) < 4.78 is 10.6. The number of unbranched alkanes of at least 4 members (excludes halogenated alkanes) is 1. The molecule has 0 atom stereocenters. The van der Waals surface area contributed by atoms with Crippen molar-refractivity contribution in [3.05, 3.63) is 51.4 Å². The van der Waals surface area contributed by atoms with Crippen molar-refractivity contribution in [1.29, 1.82) is 5.26 Å². The Bertz CT molecular complexity index is 1020. The van der Waals surface area contributed by atoms with E-state index >= 15 is 0 Å². The van der Waals surface area contributed by atoms with Gasteiger partial charge in [-0.15, -0.1) is 11.3 Å². The number of hydrogen-bond donors (Lipinski definition) is 1. The van der Waals surface area contributed by atoms with Crippen LogP contribution >= 0.6 is 11.3 Å². The van der Waals surface area contributed by atoms with Crippen molar-refractivity contribution in [1.82, 2.24) is 0 Å². The Labute approximate surface area is 186 Å². The zero-order valence-electron chi connectivity index (χ0n) is 17.8. The molecular weight excluding hydrogens is 412 g/mol. The second-order valence-electron chi connectivity index (χ2n) is 7.30. The number of amides is 1. The lowest BCUT2D eigenvalue weighted by Gasteiger charge is -2.11. The molecule has 0 bridgehead atoms. The first-order valence-electron chi connectivity index (χ1n) is 10.5. The molecule has 162 valence electrons. The average Bonchev–Trinajstić information content (AvgIpc) is 3.15. The molecule has 1 aromatic heterocycles. The molecule has 1 aliphatic carbocycles. The standard InChI is InChI=1S/C24H26N2O4S/c1-3-4-13-30-18-11-9-16(10-12-18)14-17(15-25)22(27)26-23-21(24(28)29-2)19-7-5-6-8-20(19)31-23/h9-12,14H,3-8,13H2,1-2H3,(H,26,27)/b17-14+. The Kier molecular flexibility index (Phi) is 7.85. The van der Waals surface area contributed by atoms with Gasteiger partial charge in [-0.1, -0.05) is 25.5 Å². The molecule has 0 saturated carbocycles. The molecule has 3 rings (SSSR count). The predicted octanol–water partition coefficient (Wildman–Crippen LogP) is 5.14. The van der Waals surface area contributed by atoms with E-state index in [1.165, 1.54) is 24.5 Å². The van der Waals surface area contributed by atoms with Crippen LogP contribution in [-0.4, -0.2) is 25.6 Å². The van der Waals surface area contributed by atoms with Gasteiger partial charge in [0.05, 0.1) is 19.3 Å². The molecule has 6 nitrogen and oxygen atoms in total. The molecule has 0 spiro atoms. The summed E-state index contributed by atoms with van der Waals surface area (Å²) in [6.45, 7) is 2.76. The van der Waals surface area contributed by atoms with E-state index < -0.39 is 11.9 Å². The van der Waals surface area contributed by atoms with Gasteiger partial charge in [-0.25, -0.2) is 4.79 Å². The maximum absolute atomic E-state index is 12.8. The normalized spacial score (nSPS) is 13.1. The van der Waals surface area contributed by atoms with Crippen LogP contribution in [0.5, 0.6) is 5.75 Å². The maximum atomic E-state index is 12.8. The van der Waals surface area contributed by atoms with Gasteiger partial charge in [0.25, 0.3) is 5.91 Å². The minimum absolute atomic E-state index is 0.0400. The summed E-state index contributed by atoms with van der Waals surface area (Å²) in [6, 6.07) is 9.19. The highest BCUT2D eigenvalue weighted by molar-refractivity contribution is 7.17. The number of aryl methyl sites for hydroxylation is 1. The van der Waals surface area contributed by atoms with Crippen LogP contribution in [0.3, 0.4) is 0 Å². The molecule has 0 radical (unpaired) electrons. The third kappa shape index (κ3) is 5.53. The van der Waals surface area contributed by atoms with E-state index in [0.29, 0.717) is 22.7 Å². The summed E-state index contributed by atoms with van der Waals surface area (Å²) >= 11 is 1.39. The van der Waals surface area contributed by atoms with Crippen LogP contribution in [0.2, 0.25) is 0 Å². The number of thiophene rings is 1. The van der Waals surface area contributed by atoms with Crippen molar-refractivity contribution in [3.63, 3.8) is 0 Å². The predicted molar refractivity (Wildman–Crippen MR) is 121 cm³/mol. The van der Waals surface area contributed by atoms with Crippen molar-refractivity contribution in [2.75, 3.05) is 19.0 Å². The Hall–Kier alpha value is -3.11. The van der Waals surface area contributed by atoms with E-state index in [0.717, 1.165) is 54.7 Å². The molecule has 1 aromatic carbocycles. The van der Waals surface area contributed by atoms with Gasteiger partial charge in [0.2, 0.25) is 0 Å². The number of rotatable bonds is 8. The fourth-order valence-electron chi connectivity index (χ4n) is 3.45.